The van der Waals surface area contributed by atoms with E-state index in [4.69, 9.17) is 5.11 Å². The van der Waals surface area contributed by atoms with Crippen molar-refractivity contribution in [3.63, 3.8) is 0 Å². The second kappa shape index (κ2) is 7.29. The largest absolute Gasteiger partial charge is 0.481 e. The van der Waals surface area contributed by atoms with Gasteiger partial charge in [-0.15, -0.1) is 0 Å². The first-order chi connectivity index (χ1) is 9.07. The van der Waals surface area contributed by atoms with Crippen LogP contribution < -0.4 is 0 Å². The first-order valence-electron chi connectivity index (χ1n) is 6.88. The Balaban J connectivity index is 0.000000399. The fourth-order valence-electron chi connectivity index (χ4n) is 1.97. The highest BCUT2D eigenvalue weighted by atomic mass is 16.5. The number of ether oxygens (including phenoxy) is 1. The molecular weight excluding hydrogens is 240 g/mol. The van der Waals surface area contributed by atoms with Gasteiger partial charge in [0, 0.05) is 13.7 Å². The molecule has 0 bridgehead atoms. The van der Waals surface area contributed by atoms with E-state index >= 15 is 0 Å². The fraction of sp³-hybridized carbons (Fsp3) is 0.562. The summed E-state index contributed by atoms with van der Waals surface area (Å²) in [5, 5.41) is 9.09. The monoisotopic (exact) mass is 264 g/mol. The molecule has 3 nitrogen and oxygen atoms in total. The molecule has 1 aliphatic carbocycles. The van der Waals surface area contributed by atoms with Crippen molar-refractivity contribution in [2.45, 2.75) is 39.5 Å². The predicted molar refractivity (Wildman–Crippen MR) is 76.4 cm³/mol. The Morgan fingerprint density at radius 1 is 1.32 bits per heavy atom. The number of carboxylic acids is 1. The Kier molecular flexibility index (Phi) is 6.03. The second-order valence-corrected chi connectivity index (χ2v) is 5.01. The van der Waals surface area contributed by atoms with E-state index in [1.54, 1.807) is 7.11 Å². The summed E-state index contributed by atoms with van der Waals surface area (Å²) in [7, 11) is 1.68. The number of methoxy groups -OCH3 is 1. The van der Waals surface area contributed by atoms with Gasteiger partial charge in [0.05, 0.1) is 5.41 Å². The molecule has 106 valence electrons. The topological polar surface area (TPSA) is 46.5 Å². The molecule has 1 aliphatic rings. The van der Waals surface area contributed by atoms with Gasteiger partial charge in [0.15, 0.2) is 0 Å². The summed E-state index contributed by atoms with van der Waals surface area (Å²) in [4.78, 5) is 11.0. The number of aliphatic carboxylic acids is 1. The van der Waals surface area contributed by atoms with Gasteiger partial charge in [-0.05, 0) is 43.7 Å². The Morgan fingerprint density at radius 3 is 2.32 bits per heavy atom. The van der Waals surface area contributed by atoms with E-state index in [0.29, 0.717) is 6.42 Å². The van der Waals surface area contributed by atoms with Crippen LogP contribution in [0.2, 0.25) is 0 Å². The van der Waals surface area contributed by atoms with Gasteiger partial charge in [-0.25, -0.2) is 0 Å². The van der Waals surface area contributed by atoms with Gasteiger partial charge in [-0.1, -0.05) is 31.2 Å². The molecular formula is C16H24O3. The summed E-state index contributed by atoms with van der Waals surface area (Å²) in [5.41, 5.74) is 2.01. The summed E-state index contributed by atoms with van der Waals surface area (Å²) >= 11 is 0. The van der Waals surface area contributed by atoms with Crippen LogP contribution in [0.4, 0.5) is 0 Å². The second-order valence-electron chi connectivity index (χ2n) is 5.01. The van der Waals surface area contributed by atoms with E-state index in [2.05, 4.69) is 23.8 Å². The van der Waals surface area contributed by atoms with Crippen molar-refractivity contribution in [1.82, 2.24) is 0 Å². The smallest absolute Gasteiger partial charge is 0.309 e. The van der Waals surface area contributed by atoms with Crippen molar-refractivity contribution in [1.29, 1.82) is 0 Å². The molecule has 0 amide bonds. The van der Waals surface area contributed by atoms with E-state index in [9.17, 15) is 4.79 Å². The van der Waals surface area contributed by atoms with Crippen molar-refractivity contribution in [3.05, 3.63) is 35.4 Å². The number of hydrogen-bond donors (Lipinski definition) is 1. The molecule has 1 fully saturated rings. The maximum atomic E-state index is 11.0. The van der Waals surface area contributed by atoms with Crippen LogP contribution in [-0.2, 0) is 22.4 Å². The summed E-state index contributed by atoms with van der Waals surface area (Å²) in [6.07, 6.45) is 3.36. The maximum Gasteiger partial charge on any atom is 0.309 e. The normalized spacial score (nSPS) is 15.3. The molecule has 1 N–H and O–H groups in total. The molecule has 2 rings (SSSR count). The number of rotatable bonds is 5. The van der Waals surface area contributed by atoms with Crippen LogP contribution in [0.1, 0.15) is 37.8 Å². The van der Waals surface area contributed by atoms with Crippen LogP contribution in [0.3, 0.4) is 0 Å². The number of benzene rings is 1. The van der Waals surface area contributed by atoms with Crippen molar-refractivity contribution >= 4 is 5.97 Å². The van der Waals surface area contributed by atoms with E-state index in [-0.39, 0.29) is 0 Å². The molecule has 1 saturated carbocycles. The lowest BCUT2D eigenvalue weighted by Gasteiger charge is -2.10. The molecule has 0 atom stereocenters. The Labute approximate surface area is 115 Å². The maximum absolute atomic E-state index is 11.0. The summed E-state index contributed by atoms with van der Waals surface area (Å²) in [6.45, 7) is 4.89. The van der Waals surface area contributed by atoms with Crippen molar-refractivity contribution in [3.8, 4) is 0 Å². The Morgan fingerprint density at radius 2 is 1.89 bits per heavy atom. The molecule has 3 heteroatoms. The molecule has 1 aromatic rings. The van der Waals surface area contributed by atoms with Crippen LogP contribution in [0.25, 0.3) is 0 Å². The van der Waals surface area contributed by atoms with Gasteiger partial charge in [-0.2, -0.15) is 0 Å². The van der Waals surface area contributed by atoms with Gasteiger partial charge in [0.2, 0.25) is 0 Å². The lowest BCUT2D eigenvalue weighted by atomic mass is 9.95. The average molecular weight is 264 g/mol. The highest BCUT2D eigenvalue weighted by Gasteiger charge is 2.49. The number of carbonyl (C=O) groups is 1. The highest BCUT2D eigenvalue weighted by molar-refractivity contribution is 5.78. The zero-order chi connectivity index (χ0) is 14.3. The fourth-order valence-corrected chi connectivity index (χ4v) is 1.97. The minimum Gasteiger partial charge on any atom is -0.481 e. The van der Waals surface area contributed by atoms with Gasteiger partial charge < -0.3 is 9.84 Å². The van der Waals surface area contributed by atoms with Crippen LogP contribution >= 0.6 is 0 Å². The van der Waals surface area contributed by atoms with Crippen LogP contribution in [0.15, 0.2) is 24.3 Å². The lowest BCUT2D eigenvalue weighted by Crippen LogP contribution is -2.17. The molecule has 1 aromatic carbocycles. The molecule has 0 unspecified atom stereocenters. The Bertz CT molecular complexity index is 406. The van der Waals surface area contributed by atoms with Gasteiger partial charge >= 0.3 is 5.97 Å². The average Bonchev–Trinajstić information content (AvgIpc) is 3.20. The zero-order valence-electron chi connectivity index (χ0n) is 12.1. The van der Waals surface area contributed by atoms with E-state index < -0.39 is 11.4 Å². The van der Waals surface area contributed by atoms with Crippen LogP contribution in [0.5, 0.6) is 0 Å². The quantitative estimate of drug-likeness (QED) is 0.887. The first-order valence-corrected chi connectivity index (χ1v) is 6.88. The number of aryl methyl sites for hydroxylation is 1. The van der Waals surface area contributed by atoms with Crippen molar-refractivity contribution < 1.29 is 14.6 Å². The lowest BCUT2D eigenvalue weighted by molar-refractivity contribution is -0.143. The molecule has 0 aromatic heterocycles. The van der Waals surface area contributed by atoms with E-state index in [1.807, 2.05) is 19.1 Å². The molecule has 0 spiro atoms. The highest BCUT2D eigenvalue weighted by Crippen LogP contribution is 2.48. The first kappa shape index (κ1) is 15.7. The summed E-state index contributed by atoms with van der Waals surface area (Å²) in [5.74, 6) is -0.635. The number of carboxylic acid groups (broad SMARTS) is 1. The summed E-state index contributed by atoms with van der Waals surface area (Å²) in [6, 6.07) is 8.26. The minimum absolute atomic E-state index is 0.438. The standard InChI is InChI=1S/C13H16O2.C3H8O/c1-2-10-4-3-5-11(8-10)9-13(6-7-13)12(14)15;1-3-4-2/h3-5,8H,2,6-7,9H2,1H3,(H,14,15);3H2,1-2H3. The molecule has 19 heavy (non-hydrogen) atoms. The zero-order valence-corrected chi connectivity index (χ0v) is 12.1. The van der Waals surface area contributed by atoms with E-state index in [0.717, 1.165) is 31.4 Å². The molecule has 0 saturated heterocycles. The number of hydrogen-bond acceptors (Lipinski definition) is 2. The third-order valence-electron chi connectivity index (χ3n) is 3.54. The van der Waals surface area contributed by atoms with Crippen LogP contribution in [0, 0.1) is 5.41 Å². The third kappa shape index (κ3) is 4.67. The van der Waals surface area contributed by atoms with Gasteiger partial charge in [-0.3, -0.25) is 4.79 Å². The van der Waals surface area contributed by atoms with Crippen molar-refractivity contribution in [2.24, 2.45) is 5.41 Å². The van der Waals surface area contributed by atoms with Crippen LogP contribution in [-0.4, -0.2) is 24.8 Å². The Hall–Kier alpha value is -1.35. The SMILES string of the molecule is CCOC.CCc1cccc(CC2(C(=O)O)CC2)c1. The molecule has 0 aliphatic heterocycles. The minimum atomic E-state index is -0.635. The van der Waals surface area contributed by atoms with E-state index in [1.165, 1.54) is 5.56 Å². The van der Waals surface area contributed by atoms with Gasteiger partial charge in [0.1, 0.15) is 0 Å². The molecule has 0 heterocycles. The summed E-state index contributed by atoms with van der Waals surface area (Å²) < 4.78 is 4.54. The van der Waals surface area contributed by atoms with Crippen molar-refractivity contribution in [2.75, 3.05) is 13.7 Å². The van der Waals surface area contributed by atoms with Gasteiger partial charge in [0.25, 0.3) is 0 Å². The third-order valence-corrected chi connectivity index (χ3v) is 3.54. The predicted octanol–water partition coefficient (Wildman–Crippen LogP) is 3.31. The molecule has 0 radical (unpaired) electrons.